The van der Waals surface area contributed by atoms with Crippen LogP contribution in [0.25, 0.3) is 0 Å². The average molecular weight is 316 g/mol. The van der Waals surface area contributed by atoms with Crippen LogP contribution in [0.3, 0.4) is 0 Å². The SMILES string of the molecule is Cc1nc(CCNC(=O)[C@@H]2Cc3ccccc3C(=O)O2)cs1. The summed E-state index contributed by atoms with van der Waals surface area (Å²) >= 11 is 1.59. The van der Waals surface area contributed by atoms with Gasteiger partial charge in [-0.25, -0.2) is 9.78 Å². The standard InChI is InChI=1S/C16H16N2O3S/c1-10-18-12(9-22-10)6-7-17-15(19)14-8-11-4-2-3-5-13(11)16(20)21-14/h2-5,9,14H,6-8H2,1H3,(H,17,19)/t14-/m0/s1. The van der Waals surface area contributed by atoms with Gasteiger partial charge in [0.05, 0.1) is 16.3 Å². The maximum Gasteiger partial charge on any atom is 0.339 e. The second kappa shape index (κ2) is 6.27. The summed E-state index contributed by atoms with van der Waals surface area (Å²) in [6.07, 6.45) is 0.344. The number of thiazole rings is 1. The number of ether oxygens (including phenoxy) is 1. The molecule has 1 N–H and O–H groups in total. The van der Waals surface area contributed by atoms with Gasteiger partial charge < -0.3 is 10.1 Å². The largest absolute Gasteiger partial charge is 0.448 e. The second-order valence-corrected chi connectivity index (χ2v) is 6.22. The zero-order chi connectivity index (χ0) is 15.5. The Morgan fingerprint density at radius 1 is 1.45 bits per heavy atom. The maximum absolute atomic E-state index is 12.1. The lowest BCUT2D eigenvalue weighted by molar-refractivity contribution is -0.130. The van der Waals surface area contributed by atoms with Gasteiger partial charge in [-0.2, -0.15) is 0 Å². The van der Waals surface area contributed by atoms with E-state index in [1.807, 2.05) is 24.4 Å². The predicted molar refractivity (Wildman–Crippen MR) is 82.9 cm³/mol. The molecule has 0 radical (unpaired) electrons. The molecule has 1 amide bonds. The molecule has 0 unspecified atom stereocenters. The molecule has 1 aromatic carbocycles. The molecule has 0 bridgehead atoms. The Morgan fingerprint density at radius 3 is 3.05 bits per heavy atom. The smallest absolute Gasteiger partial charge is 0.339 e. The summed E-state index contributed by atoms with van der Waals surface area (Å²) < 4.78 is 5.22. The van der Waals surface area contributed by atoms with Crippen molar-refractivity contribution in [3.8, 4) is 0 Å². The van der Waals surface area contributed by atoms with Crippen LogP contribution >= 0.6 is 11.3 Å². The molecule has 114 valence electrons. The number of esters is 1. The summed E-state index contributed by atoms with van der Waals surface area (Å²) in [4.78, 5) is 28.4. The summed E-state index contributed by atoms with van der Waals surface area (Å²) in [5.41, 5.74) is 2.37. The minimum Gasteiger partial charge on any atom is -0.448 e. The fraction of sp³-hybridized carbons (Fsp3) is 0.312. The maximum atomic E-state index is 12.1. The molecular weight excluding hydrogens is 300 g/mol. The van der Waals surface area contributed by atoms with Gasteiger partial charge in [0.1, 0.15) is 0 Å². The van der Waals surface area contributed by atoms with Crippen LogP contribution in [0, 0.1) is 6.92 Å². The first-order valence-electron chi connectivity index (χ1n) is 7.11. The van der Waals surface area contributed by atoms with E-state index in [0.717, 1.165) is 16.3 Å². The number of nitrogens with one attached hydrogen (secondary N) is 1. The van der Waals surface area contributed by atoms with Gasteiger partial charge in [-0.3, -0.25) is 4.79 Å². The van der Waals surface area contributed by atoms with Crippen molar-refractivity contribution in [2.24, 2.45) is 0 Å². The number of fused-ring (bicyclic) bond motifs is 1. The number of nitrogens with zero attached hydrogens (tertiary/aromatic N) is 1. The number of hydrogen-bond donors (Lipinski definition) is 1. The molecule has 2 heterocycles. The molecule has 0 saturated heterocycles. The summed E-state index contributed by atoms with van der Waals surface area (Å²) in [6.45, 7) is 2.43. The molecule has 0 aliphatic carbocycles. The molecule has 3 rings (SSSR count). The van der Waals surface area contributed by atoms with Crippen LogP contribution in [0.4, 0.5) is 0 Å². The van der Waals surface area contributed by atoms with E-state index in [2.05, 4.69) is 10.3 Å². The Bertz CT molecular complexity index is 711. The highest BCUT2D eigenvalue weighted by atomic mass is 32.1. The number of cyclic esters (lactones) is 1. The number of aromatic nitrogens is 1. The Balaban J connectivity index is 1.56. The lowest BCUT2D eigenvalue weighted by atomic mass is 9.98. The third-order valence-corrected chi connectivity index (χ3v) is 4.35. The molecule has 1 aliphatic heterocycles. The minimum absolute atomic E-state index is 0.255. The number of hydrogen-bond acceptors (Lipinski definition) is 5. The Hall–Kier alpha value is -2.21. The summed E-state index contributed by atoms with van der Waals surface area (Å²) in [7, 11) is 0. The molecule has 0 saturated carbocycles. The lowest BCUT2D eigenvalue weighted by Gasteiger charge is -2.23. The molecule has 22 heavy (non-hydrogen) atoms. The van der Waals surface area contributed by atoms with E-state index < -0.39 is 12.1 Å². The van der Waals surface area contributed by atoms with Crippen molar-refractivity contribution in [2.45, 2.75) is 25.9 Å². The van der Waals surface area contributed by atoms with Gasteiger partial charge in [0, 0.05) is 24.8 Å². The highest BCUT2D eigenvalue weighted by molar-refractivity contribution is 7.09. The monoisotopic (exact) mass is 316 g/mol. The first-order chi connectivity index (χ1) is 10.6. The van der Waals surface area contributed by atoms with Crippen molar-refractivity contribution < 1.29 is 14.3 Å². The highest BCUT2D eigenvalue weighted by Crippen LogP contribution is 2.20. The topological polar surface area (TPSA) is 68.3 Å². The minimum atomic E-state index is -0.750. The number of carbonyl (C=O) groups is 2. The van der Waals surface area contributed by atoms with Gasteiger partial charge in [0.2, 0.25) is 0 Å². The van der Waals surface area contributed by atoms with E-state index in [9.17, 15) is 9.59 Å². The normalized spacial score (nSPS) is 16.8. The molecule has 2 aromatic rings. The fourth-order valence-electron chi connectivity index (χ4n) is 2.43. The van der Waals surface area contributed by atoms with Crippen molar-refractivity contribution in [3.63, 3.8) is 0 Å². The molecule has 5 nitrogen and oxygen atoms in total. The summed E-state index contributed by atoms with van der Waals surface area (Å²) in [5.74, 6) is -0.688. The zero-order valence-electron chi connectivity index (χ0n) is 12.2. The number of benzene rings is 1. The van der Waals surface area contributed by atoms with E-state index in [1.165, 1.54) is 0 Å². The molecule has 0 spiro atoms. The van der Waals surface area contributed by atoms with Crippen LogP contribution in [0.15, 0.2) is 29.6 Å². The molecule has 1 aliphatic rings. The van der Waals surface area contributed by atoms with Crippen molar-refractivity contribution in [1.82, 2.24) is 10.3 Å². The highest BCUT2D eigenvalue weighted by Gasteiger charge is 2.30. The molecule has 1 aromatic heterocycles. The van der Waals surface area contributed by atoms with Gasteiger partial charge in [0.15, 0.2) is 6.10 Å². The van der Waals surface area contributed by atoms with Gasteiger partial charge >= 0.3 is 5.97 Å². The van der Waals surface area contributed by atoms with Crippen LogP contribution in [-0.2, 0) is 22.4 Å². The number of carbonyl (C=O) groups excluding carboxylic acids is 2. The van der Waals surface area contributed by atoms with Crippen molar-refractivity contribution in [1.29, 1.82) is 0 Å². The van der Waals surface area contributed by atoms with E-state index in [0.29, 0.717) is 24.9 Å². The van der Waals surface area contributed by atoms with Gasteiger partial charge in [-0.05, 0) is 18.6 Å². The summed E-state index contributed by atoms with van der Waals surface area (Å²) in [5, 5.41) is 5.81. The van der Waals surface area contributed by atoms with Gasteiger partial charge in [0.25, 0.3) is 5.91 Å². The first kappa shape index (κ1) is 14.7. The fourth-order valence-corrected chi connectivity index (χ4v) is 3.08. The Kier molecular flexibility index (Phi) is 4.20. The van der Waals surface area contributed by atoms with Crippen LogP contribution in [0.5, 0.6) is 0 Å². The van der Waals surface area contributed by atoms with E-state index in [1.54, 1.807) is 23.5 Å². The average Bonchev–Trinajstić information content (AvgIpc) is 2.92. The predicted octanol–water partition coefficient (Wildman–Crippen LogP) is 1.89. The first-order valence-corrected chi connectivity index (χ1v) is 7.99. The van der Waals surface area contributed by atoms with Crippen molar-refractivity contribution >= 4 is 23.2 Å². The molecule has 0 fully saturated rings. The van der Waals surface area contributed by atoms with Gasteiger partial charge in [-0.15, -0.1) is 11.3 Å². The zero-order valence-corrected chi connectivity index (χ0v) is 13.0. The van der Waals surface area contributed by atoms with E-state index in [4.69, 9.17) is 4.74 Å². The number of rotatable bonds is 4. The number of aryl methyl sites for hydroxylation is 1. The van der Waals surface area contributed by atoms with Crippen LogP contribution in [-0.4, -0.2) is 29.5 Å². The van der Waals surface area contributed by atoms with Crippen LogP contribution in [0.1, 0.15) is 26.6 Å². The van der Waals surface area contributed by atoms with Gasteiger partial charge in [-0.1, -0.05) is 18.2 Å². The van der Waals surface area contributed by atoms with Crippen molar-refractivity contribution in [3.05, 3.63) is 51.5 Å². The lowest BCUT2D eigenvalue weighted by Crippen LogP contribution is -2.42. The quantitative estimate of drug-likeness (QED) is 0.875. The van der Waals surface area contributed by atoms with Crippen LogP contribution < -0.4 is 5.32 Å². The Morgan fingerprint density at radius 2 is 2.27 bits per heavy atom. The summed E-state index contributed by atoms with van der Waals surface area (Å²) in [6, 6.07) is 7.22. The second-order valence-electron chi connectivity index (χ2n) is 5.15. The number of amides is 1. The van der Waals surface area contributed by atoms with E-state index in [-0.39, 0.29) is 5.91 Å². The third kappa shape index (κ3) is 3.17. The Labute approximate surface area is 132 Å². The van der Waals surface area contributed by atoms with E-state index >= 15 is 0 Å². The molecule has 1 atom stereocenters. The third-order valence-electron chi connectivity index (χ3n) is 3.53. The molecular formula is C16H16N2O3S. The van der Waals surface area contributed by atoms with Crippen LogP contribution in [0.2, 0.25) is 0 Å². The molecule has 6 heteroatoms. The van der Waals surface area contributed by atoms with Crippen molar-refractivity contribution in [2.75, 3.05) is 6.54 Å².